The third-order valence-electron chi connectivity index (χ3n) is 5.02. The van der Waals surface area contributed by atoms with Crippen molar-refractivity contribution < 1.29 is 14.7 Å². The van der Waals surface area contributed by atoms with Gasteiger partial charge in [-0.1, -0.05) is 53.1 Å². The average Bonchev–Trinajstić information content (AvgIpc) is 2.84. The molecule has 0 saturated heterocycles. The van der Waals surface area contributed by atoms with Crippen molar-refractivity contribution in [3.63, 3.8) is 0 Å². The van der Waals surface area contributed by atoms with Crippen molar-refractivity contribution in [1.29, 1.82) is 0 Å². The zero-order valence-electron chi connectivity index (χ0n) is 20.0. The van der Waals surface area contributed by atoms with Crippen molar-refractivity contribution in [2.24, 2.45) is 0 Å². The number of aryl methyl sites for hydroxylation is 3. The highest BCUT2D eigenvalue weighted by atomic mass is 16.3. The molecule has 4 rings (SSSR count). The highest BCUT2D eigenvalue weighted by Gasteiger charge is 2.05. The molecule has 4 N–H and O–H groups in total. The fourth-order valence-corrected chi connectivity index (χ4v) is 3.10. The number of amides is 3. The van der Waals surface area contributed by atoms with E-state index in [1.54, 1.807) is 12.1 Å². The molecule has 0 heterocycles. The Labute approximate surface area is 205 Å². The Kier molecular flexibility index (Phi) is 8.62. The first kappa shape index (κ1) is 25.1. The summed E-state index contributed by atoms with van der Waals surface area (Å²) in [4.78, 5) is 23.6. The second kappa shape index (κ2) is 12.0. The number of carbonyl (C=O) groups is 2. The van der Waals surface area contributed by atoms with Crippen molar-refractivity contribution in [3.8, 4) is 5.75 Å². The molecule has 0 atom stereocenters. The molecule has 0 aliphatic heterocycles. The minimum atomic E-state index is -0.315. The van der Waals surface area contributed by atoms with Crippen LogP contribution in [0.4, 0.5) is 21.9 Å². The number of urea groups is 1. The van der Waals surface area contributed by atoms with E-state index < -0.39 is 0 Å². The highest BCUT2D eigenvalue weighted by Crippen LogP contribution is 2.15. The molecule has 6 nitrogen and oxygen atoms in total. The molecular weight excluding hydrogens is 438 g/mol. The maximum Gasteiger partial charge on any atom is 0.323 e. The normalized spacial score (nSPS) is 9.91. The van der Waals surface area contributed by atoms with Gasteiger partial charge in [0.15, 0.2) is 0 Å². The zero-order chi connectivity index (χ0) is 25.2. The zero-order valence-corrected chi connectivity index (χ0v) is 20.0. The van der Waals surface area contributed by atoms with Crippen LogP contribution in [0.3, 0.4) is 0 Å². The lowest BCUT2D eigenvalue weighted by Crippen LogP contribution is -2.19. The lowest BCUT2D eigenvalue weighted by molar-refractivity contribution is 0.102. The summed E-state index contributed by atoms with van der Waals surface area (Å²) in [6.45, 7) is 5.98. The number of rotatable bonds is 4. The van der Waals surface area contributed by atoms with E-state index in [9.17, 15) is 9.59 Å². The van der Waals surface area contributed by atoms with Gasteiger partial charge < -0.3 is 21.1 Å². The SMILES string of the molecule is Cc1ccc(NC(=O)Nc2ccc(O)cc2)cc1.Cc1ccc(NC(=O)c2cccc(C)c2)cc1. The predicted molar refractivity (Wildman–Crippen MR) is 142 cm³/mol. The van der Waals surface area contributed by atoms with E-state index >= 15 is 0 Å². The van der Waals surface area contributed by atoms with Gasteiger partial charge in [0.05, 0.1) is 0 Å². The Morgan fingerprint density at radius 2 is 1.03 bits per heavy atom. The van der Waals surface area contributed by atoms with Crippen molar-refractivity contribution in [2.75, 3.05) is 16.0 Å². The Hall–Kier alpha value is -4.58. The molecule has 0 aromatic heterocycles. The van der Waals surface area contributed by atoms with Crippen molar-refractivity contribution in [2.45, 2.75) is 20.8 Å². The molecule has 3 amide bonds. The van der Waals surface area contributed by atoms with E-state index in [1.165, 1.54) is 17.7 Å². The van der Waals surface area contributed by atoms with Crippen molar-refractivity contribution in [3.05, 3.63) is 119 Å². The maximum absolute atomic E-state index is 11.9. The second-order valence-corrected chi connectivity index (χ2v) is 8.18. The molecule has 0 spiro atoms. The minimum absolute atomic E-state index is 0.0717. The average molecular weight is 468 g/mol. The molecule has 178 valence electrons. The summed E-state index contributed by atoms with van der Waals surface area (Å²) in [6, 6.07) is 28.8. The number of phenolic OH excluding ortho intramolecular Hbond substituents is 1. The summed E-state index contributed by atoms with van der Waals surface area (Å²) >= 11 is 0. The Morgan fingerprint density at radius 3 is 1.51 bits per heavy atom. The van der Waals surface area contributed by atoms with Crippen LogP contribution < -0.4 is 16.0 Å². The first-order chi connectivity index (χ1) is 16.8. The van der Waals surface area contributed by atoms with Gasteiger partial charge in [-0.3, -0.25) is 4.79 Å². The highest BCUT2D eigenvalue weighted by molar-refractivity contribution is 6.04. The number of anilines is 3. The van der Waals surface area contributed by atoms with Crippen LogP contribution in [0.5, 0.6) is 5.75 Å². The Balaban J connectivity index is 0.000000196. The fraction of sp³-hybridized carbons (Fsp3) is 0.103. The molecule has 4 aromatic carbocycles. The maximum atomic E-state index is 11.9. The van der Waals surface area contributed by atoms with Crippen molar-refractivity contribution >= 4 is 29.0 Å². The van der Waals surface area contributed by atoms with E-state index in [0.29, 0.717) is 11.3 Å². The quantitative estimate of drug-likeness (QED) is 0.246. The molecule has 0 bridgehead atoms. The summed E-state index contributed by atoms with van der Waals surface area (Å²) in [6.07, 6.45) is 0. The lowest BCUT2D eigenvalue weighted by atomic mass is 10.1. The number of aromatic hydroxyl groups is 1. The van der Waals surface area contributed by atoms with Gasteiger partial charge in [0.25, 0.3) is 5.91 Å². The summed E-state index contributed by atoms with van der Waals surface area (Å²) < 4.78 is 0. The Bertz CT molecular complexity index is 1220. The van der Waals surface area contributed by atoms with Gasteiger partial charge in [-0.25, -0.2) is 4.79 Å². The van der Waals surface area contributed by atoms with Gasteiger partial charge in [-0.15, -0.1) is 0 Å². The van der Waals surface area contributed by atoms with Crippen LogP contribution in [-0.2, 0) is 0 Å². The van der Waals surface area contributed by atoms with Crippen LogP contribution in [-0.4, -0.2) is 17.0 Å². The van der Waals surface area contributed by atoms with E-state index in [0.717, 1.165) is 22.5 Å². The first-order valence-corrected chi connectivity index (χ1v) is 11.2. The lowest BCUT2D eigenvalue weighted by Gasteiger charge is -2.07. The minimum Gasteiger partial charge on any atom is -0.508 e. The number of hydrogen-bond donors (Lipinski definition) is 4. The molecule has 0 aliphatic carbocycles. The molecule has 4 aromatic rings. The standard InChI is InChI=1S/C15H15NO.C14H14N2O2/c1-11-6-8-14(9-7-11)16-15(17)13-5-3-4-12(2)10-13;1-10-2-4-11(5-3-10)15-14(18)16-12-6-8-13(17)9-7-12/h3-10H,1-2H3,(H,16,17);2-9,17H,1H3,(H2,15,16,18). The van der Waals surface area contributed by atoms with Crippen LogP contribution >= 0.6 is 0 Å². The van der Waals surface area contributed by atoms with Gasteiger partial charge in [-0.05, 0) is 81.4 Å². The van der Waals surface area contributed by atoms with Gasteiger partial charge >= 0.3 is 6.03 Å². The van der Waals surface area contributed by atoms with Crippen LogP contribution in [0.15, 0.2) is 97.1 Å². The van der Waals surface area contributed by atoms with Crippen LogP contribution in [0.1, 0.15) is 27.0 Å². The van der Waals surface area contributed by atoms with E-state index in [4.69, 9.17) is 5.11 Å². The van der Waals surface area contributed by atoms with Crippen LogP contribution in [0.2, 0.25) is 0 Å². The molecule has 6 heteroatoms. The van der Waals surface area contributed by atoms with Gasteiger partial charge in [0, 0.05) is 22.6 Å². The monoisotopic (exact) mass is 467 g/mol. The van der Waals surface area contributed by atoms with Gasteiger partial charge in [0.1, 0.15) is 5.75 Å². The van der Waals surface area contributed by atoms with E-state index in [1.807, 2.05) is 93.6 Å². The van der Waals surface area contributed by atoms with Gasteiger partial charge in [-0.2, -0.15) is 0 Å². The summed E-state index contributed by atoms with van der Waals surface area (Å²) in [7, 11) is 0. The van der Waals surface area contributed by atoms with Gasteiger partial charge in [0.2, 0.25) is 0 Å². The first-order valence-electron chi connectivity index (χ1n) is 11.2. The molecule has 0 saturated carbocycles. The number of benzene rings is 4. The summed E-state index contributed by atoms with van der Waals surface area (Å²) in [5.74, 6) is 0.0945. The largest absolute Gasteiger partial charge is 0.508 e. The number of hydrogen-bond acceptors (Lipinski definition) is 3. The Morgan fingerprint density at radius 1 is 0.571 bits per heavy atom. The fourth-order valence-electron chi connectivity index (χ4n) is 3.10. The molecule has 0 fully saturated rings. The number of nitrogens with one attached hydrogen (secondary N) is 3. The van der Waals surface area contributed by atoms with Crippen LogP contribution in [0.25, 0.3) is 0 Å². The topological polar surface area (TPSA) is 90.5 Å². The molecule has 0 unspecified atom stereocenters. The molecule has 0 radical (unpaired) electrons. The number of carbonyl (C=O) groups excluding carboxylic acids is 2. The van der Waals surface area contributed by atoms with Crippen molar-refractivity contribution in [1.82, 2.24) is 0 Å². The number of phenols is 1. The van der Waals surface area contributed by atoms with E-state index in [-0.39, 0.29) is 17.7 Å². The molecule has 35 heavy (non-hydrogen) atoms. The second-order valence-electron chi connectivity index (χ2n) is 8.18. The third kappa shape index (κ3) is 8.37. The van der Waals surface area contributed by atoms with E-state index in [2.05, 4.69) is 16.0 Å². The molecular formula is C29H29N3O3. The summed E-state index contributed by atoms with van der Waals surface area (Å²) in [5, 5.41) is 17.4. The van der Waals surface area contributed by atoms with Crippen LogP contribution in [0, 0.1) is 20.8 Å². The smallest absolute Gasteiger partial charge is 0.323 e. The third-order valence-corrected chi connectivity index (χ3v) is 5.02. The molecule has 0 aliphatic rings. The predicted octanol–water partition coefficient (Wildman–Crippen LogP) is 6.90. The summed E-state index contributed by atoms with van der Waals surface area (Å²) in [5.41, 5.74) is 6.27.